The molecular weight excluding hydrogens is 510 g/mol. The molecule has 5 N–H and O–H groups in total. The summed E-state index contributed by atoms with van der Waals surface area (Å²) in [6.07, 6.45) is 9.92. The Balaban J connectivity index is 1.03. The number of allylic oxidation sites excluding steroid dienone is 2. The fourth-order valence-electron chi connectivity index (χ4n) is 6.45. The number of aliphatic hydroxyl groups excluding tert-OH is 1. The molecule has 5 aliphatic rings. The zero-order valence-electron chi connectivity index (χ0n) is 22.6. The summed E-state index contributed by atoms with van der Waals surface area (Å²) in [5, 5.41) is 15.5. The Kier molecular flexibility index (Phi) is 7.20. The molecule has 3 aliphatic carbocycles. The molecular formula is C30H37N5O5. The van der Waals surface area contributed by atoms with E-state index in [-0.39, 0.29) is 36.1 Å². The van der Waals surface area contributed by atoms with Crippen molar-refractivity contribution in [3.8, 4) is 0 Å². The van der Waals surface area contributed by atoms with E-state index in [0.717, 1.165) is 74.2 Å². The standard InChI is InChI=1S/C30H37N5O5/c31-27(18-1-2-18)24(17-3-6-21(36)7-4-17)15-33-20-11-16(12-20)14-32-19-5-8-22-23(13-19)30(40)35(29(22)39)25-9-10-26(37)34-28(25)38/h5,8,13,15-18,20-21,25,32,36H,1-4,6-7,9-12,14,31H2,(H,34,37,38)/b27-24+,33-15?. The number of imide groups is 2. The summed E-state index contributed by atoms with van der Waals surface area (Å²) in [4.78, 5) is 55.6. The second-order valence-corrected chi connectivity index (χ2v) is 12.0. The van der Waals surface area contributed by atoms with Crippen molar-refractivity contribution in [3.63, 3.8) is 0 Å². The first kappa shape index (κ1) is 26.7. The number of hydrogen-bond acceptors (Lipinski definition) is 8. The SMILES string of the molecule is N/C(=C(\C=NC1CC(CNc2ccc3c(c2)C(=O)N(C2CCC(=O)NC2=O)C3=O)C1)C1CCC(O)CC1)C1CC1. The number of nitrogens with two attached hydrogens (primary N) is 1. The van der Waals surface area contributed by atoms with Crippen LogP contribution >= 0.6 is 0 Å². The van der Waals surface area contributed by atoms with Gasteiger partial charge in [-0.05, 0) is 99.3 Å². The van der Waals surface area contributed by atoms with Crippen LogP contribution in [-0.4, -0.2) is 64.6 Å². The molecule has 212 valence electrons. The van der Waals surface area contributed by atoms with E-state index in [1.54, 1.807) is 18.2 Å². The van der Waals surface area contributed by atoms with Crippen molar-refractivity contribution in [2.45, 2.75) is 82.4 Å². The number of hydrogen-bond donors (Lipinski definition) is 4. The molecule has 4 fully saturated rings. The smallest absolute Gasteiger partial charge is 0.262 e. The van der Waals surface area contributed by atoms with Crippen LogP contribution in [0, 0.1) is 17.8 Å². The van der Waals surface area contributed by atoms with E-state index in [9.17, 15) is 24.3 Å². The van der Waals surface area contributed by atoms with Crippen molar-refractivity contribution < 1.29 is 24.3 Å². The number of aliphatic hydroxyl groups is 1. The third-order valence-electron chi connectivity index (χ3n) is 9.16. The summed E-state index contributed by atoms with van der Waals surface area (Å²) >= 11 is 0. The Bertz CT molecular complexity index is 1290. The Morgan fingerprint density at radius 2 is 1.70 bits per heavy atom. The van der Waals surface area contributed by atoms with Crippen molar-refractivity contribution in [2.75, 3.05) is 11.9 Å². The van der Waals surface area contributed by atoms with Gasteiger partial charge < -0.3 is 16.2 Å². The average Bonchev–Trinajstić information content (AvgIpc) is 3.73. The summed E-state index contributed by atoms with van der Waals surface area (Å²) in [5.74, 6) is -0.660. The zero-order chi connectivity index (χ0) is 28.0. The molecule has 1 atom stereocenters. The maximum atomic E-state index is 13.1. The Morgan fingerprint density at radius 3 is 2.40 bits per heavy atom. The molecule has 0 aromatic heterocycles. The van der Waals surface area contributed by atoms with Crippen LogP contribution in [-0.2, 0) is 9.59 Å². The molecule has 2 aliphatic heterocycles. The van der Waals surface area contributed by atoms with Crippen molar-refractivity contribution in [1.29, 1.82) is 0 Å². The molecule has 6 rings (SSSR count). The lowest BCUT2D eigenvalue weighted by Crippen LogP contribution is -2.54. The maximum absolute atomic E-state index is 13.1. The van der Waals surface area contributed by atoms with Crippen molar-refractivity contribution >= 4 is 35.5 Å². The number of rotatable bonds is 8. The molecule has 1 saturated heterocycles. The monoisotopic (exact) mass is 547 g/mol. The number of fused-ring (bicyclic) bond motifs is 1. The highest BCUT2D eigenvalue weighted by Gasteiger charge is 2.44. The van der Waals surface area contributed by atoms with Gasteiger partial charge in [-0.1, -0.05) is 0 Å². The van der Waals surface area contributed by atoms with Gasteiger partial charge in [-0.3, -0.25) is 34.4 Å². The topological polar surface area (TPSA) is 154 Å². The highest BCUT2D eigenvalue weighted by Crippen LogP contribution is 2.40. The van der Waals surface area contributed by atoms with Gasteiger partial charge in [0, 0.05) is 30.6 Å². The van der Waals surface area contributed by atoms with E-state index in [1.807, 2.05) is 6.21 Å². The largest absolute Gasteiger partial charge is 0.402 e. The molecule has 1 unspecified atom stereocenters. The van der Waals surface area contributed by atoms with Crippen LogP contribution in [0.3, 0.4) is 0 Å². The lowest BCUT2D eigenvalue weighted by molar-refractivity contribution is -0.136. The number of anilines is 1. The molecule has 10 nitrogen and oxygen atoms in total. The quantitative estimate of drug-likeness (QED) is 0.288. The first-order valence-electron chi connectivity index (χ1n) is 14.6. The first-order valence-corrected chi connectivity index (χ1v) is 14.6. The number of amides is 4. The minimum Gasteiger partial charge on any atom is -0.402 e. The van der Waals surface area contributed by atoms with E-state index < -0.39 is 29.7 Å². The number of piperidine rings is 1. The third-order valence-corrected chi connectivity index (χ3v) is 9.16. The summed E-state index contributed by atoms with van der Waals surface area (Å²) in [5.41, 5.74) is 10.0. The number of aliphatic imine (C=N–C) groups is 1. The summed E-state index contributed by atoms with van der Waals surface area (Å²) in [6.45, 7) is 0.733. The molecule has 0 bridgehead atoms. The lowest BCUT2D eigenvalue weighted by atomic mass is 9.79. The fraction of sp³-hybridized carbons (Fsp3) is 0.567. The van der Waals surface area contributed by atoms with Crippen LogP contribution in [0.2, 0.25) is 0 Å². The minimum absolute atomic E-state index is 0.0965. The molecule has 4 amide bonds. The van der Waals surface area contributed by atoms with Gasteiger partial charge in [0.05, 0.1) is 23.3 Å². The van der Waals surface area contributed by atoms with E-state index in [4.69, 9.17) is 10.7 Å². The number of nitrogens with zero attached hydrogens (tertiary/aromatic N) is 2. The van der Waals surface area contributed by atoms with Gasteiger partial charge >= 0.3 is 0 Å². The van der Waals surface area contributed by atoms with Gasteiger partial charge in [0.25, 0.3) is 11.8 Å². The van der Waals surface area contributed by atoms with E-state index >= 15 is 0 Å². The van der Waals surface area contributed by atoms with Crippen LogP contribution in [0.1, 0.15) is 84.9 Å². The fourth-order valence-corrected chi connectivity index (χ4v) is 6.45. The molecule has 40 heavy (non-hydrogen) atoms. The van der Waals surface area contributed by atoms with E-state index in [2.05, 4.69) is 10.6 Å². The summed E-state index contributed by atoms with van der Waals surface area (Å²) < 4.78 is 0. The van der Waals surface area contributed by atoms with Crippen LogP contribution in [0.15, 0.2) is 34.5 Å². The van der Waals surface area contributed by atoms with Crippen molar-refractivity contribution in [3.05, 3.63) is 40.6 Å². The molecule has 1 aromatic carbocycles. The molecule has 3 saturated carbocycles. The van der Waals surface area contributed by atoms with Crippen LogP contribution in [0.25, 0.3) is 0 Å². The highest BCUT2D eigenvalue weighted by molar-refractivity contribution is 6.23. The van der Waals surface area contributed by atoms with Gasteiger partial charge in [0.2, 0.25) is 11.8 Å². The van der Waals surface area contributed by atoms with Crippen LogP contribution < -0.4 is 16.4 Å². The first-order chi connectivity index (χ1) is 19.3. The molecule has 1 aromatic rings. The number of nitrogens with one attached hydrogen (secondary N) is 2. The van der Waals surface area contributed by atoms with Crippen LogP contribution in [0.5, 0.6) is 0 Å². The van der Waals surface area contributed by atoms with Gasteiger partial charge in [-0.2, -0.15) is 0 Å². The van der Waals surface area contributed by atoms with Crippen molar-refractivity contribution in [2.24, 2.45) is 28.5 Å². The predicted molar refractivity (Wildman–Crippen MR) is 149 cm³/mol. The Hall–Kier alpha value is -3.53. The zero-order valence-corrected chi connectivity index (χ0v) is 22.6. The maximum Gasteiger partial charge on any atom is 0.262 e. The number of benzene rings is 1. The average molecular weight is 548 g/mol. The highest BCUT2D eigenvalue weighted by atomic mass is 16.3. The second kappa shape index (κ2) is 10.8. The summed E-state index contributed by atoms with van der Waals surface area (Å²) in [6, 6.07) is 4.39. The molecule has 2 heterocycles. The normalized spacial score (nSPS) is 31.1. The Labute approximate surface area is 233 Å². The third kappa shape index (κ3) is 5.29. The van der Waals surface area contributed by atoms with E-state index in [1.165, 1.54) is 5.57 Å². The Morgan fingerprint density at radius 1 is 1.00 bits per heavy atom. The minimum atomic E-state index is -0.964. The number of carbonyl (C=O) groups is 4. The second-order valence-electron chi connectivity index (χ2n) is 12.0. The predicted octanol–water partition coefficient (Wildman–Crippen LogP) is 2.52. The lowest BCUT2D eigenvalue weighted by Gasteiger charge is -2.33. The van der Waals surface area contributed by atoms with Crippen LogP contribution in [0.4, 0.5) is 5.69 Å². The molecule has 0 radical (unpaired) electrons. The number of carbonyl (C=O) groups excluding carboxylic acids is 4. The van der Waals surface area contributed by atoms with Gasteiger partial charge in [-0.15, -0.1) is 0 Å². The molecule has 0 spiro atoms. The van der Waals surface area contributed by atoms with Gasteiger partial charge in [-0.25, -0.2) is 0 Å². The van der Waals surface area contributed by atoms with Gasteiger partial charge in [0.15, 0.2) is 0 Å². The van der Waals surface area contributed by atoms with Crippen molar-refractivity contribution in [1.82, 2.24) is 10.2 Å². The van der Waals surface area contributed by atoms with E-state index in [0.29, 0.717) is 17.8 Å². The van der Waals surface area contributed by atoms with Gasteiger partial charge in [0.1, 0.15) is 6.04 Å². The molecule has 10 heteroatoms. The summed E-state index contributed by atoms with van der Waals surface area (Å²) in [7, 11) is 0.